The van der Waals surface area contributed by atoms with Crippen LogP contribution in [-0.4, -0.2) is 46.0 Å². The zero-order valence-electron chi connectivity index (χ0n) is 22.3. The van der Waals surface area contributed by atoms with E-state index in [0.29, 0.717) is 17.4 Å². The number of nitriles is 1. The van der Waals surface area contributed by atoms with Crippen molar-refractivity contribution in [2.24, 2.45) is 11.7 Å². The van der Waals surface area contributed by atoms with Crippen molar-refractivity contribution in [2.75, 3.05) is 30.4 Å². The Balaban J connectivity index is 1.36. The molecule has 0 bridgehead atoms. The van der Waals surface area contributed by atoms with E-state index in [4.69, 9.17) is 15.5 Å². The van der Waals surface area contributed by atoms with Crippen LogP contribution in [-0.2, 0) is 6.54 Å². The molecule has 0 radical (unpaired) electrons. The van der Waals surface area contributed by atoms with E-state index in [1.807, 2.05) is 23.1 Å². The predicted octanol–water partition coefficient (Wildman–Crippen LogP) is 5.11. The van der Waals surface area contributed by atoms with Crippen LogP contribution < -0.4 is 20.7 Å². The Morgan fingerprint density at radius 1 is 1.18 bits per heavy atom. The lowest BCUT2D eigenvalue weighted by molar-refractivity contribution is 0.413. The molecule has 1 aliphatic carbocycles. The largest absolute Gasteiger partial charge is 0.496 e. The number of benzene rings is 1. The number of pyridine rings is 2. The molecule has 9 nitrogen and oxygen atoms in total. The van der Waals surface area contributed by atoms with Crippen molar-refractivity contribution in [2.45, 2.75) is 38.3 Å². The first-order chi connectivity index (χ1) is 19.5. The van der Waals surface area contributed by atoms with Crippen LogP contribution >= 0.6 is 0 Å². The van der Waals surface area contributed by atoms with Gasteiger partial charge in [-0.15, -0.1) is 0 Å². The molecule has 1 saturated carbocycles. The number of nitrogens with zero attached hydrogens (tertiary/aromatic N) is 6. The number of methoxy groups -OCH3 is 1. The van der Waals surface area contributed by atoms with Crippen molar-refractivity contribution in [3.05, 3.63) is 66.4 Å². The Hall–Kier alpha value is -4.49. The molecule has 1 atom stereocenters. The van der Waals surface area contributed by atoms with E-state index < -0.39 is 5.82 Å². The van der Waals surface area contributed by atoms with E-state index in [1.165, 1.54) is 26.0 Å². The Morgan fingerprint density at radius 2 is 2.05 bits per heavy atom. The minimum atomic E-state index is -0.520. The van der Waals surface area contributed by atoms with Crippen LogP contribution in [0.15, 0.2) is 55.0 Å². The molecule has 0 spiro atoms. The lowest BCUT2D eigenvalue weighted by Gasteiger charge is -2.34. The Kier molecular flexibility index (Phi) is 7.05. The van der Waals surface area contributed by atoms with Crippen molar-refractivity contribution in [1.29, 1.82) is 5.26 Å². The predicted molar refractivity (Wildman–Crippen MR) is 152 cm³/mol. The van der Waals surface area contributed by atoms with Crippen molar-refractivity contribution >= 4 is 17.3 Å². The number of ether oxygens (including phenoxy) is 1. The summed E-state index contributed by atoms with van der Waals surface area (Å²) < 4.78 is 22.3. The van der Waals surface area contributed by atoms with Gasteiger partial charge < -0.3 is 20.7 Å². The van der Waals surface area contributed by atoms with Crippen LogP contribution in [0.5, 0.6) is 5.75 Å². The number of rotatable bonds is 8. The third-order valence-electron chi connectivity index (χ3n) is 7.47. The van der Waals surface area contributed by atoms with Crippen LogP contribution in [0.3, 0.4) is 0 Å². The van der Waals surface area contributed by atoms with Gasteiger partial charge in [0.15, 0.2) is 0 Å². The lowest BCUT2D eigenvalue weighted by atomic mass is 10.0. The smallest absolute Gasteiger partial charge is 0.136 e. The molecule has 40 heavy (non-hydrogen) atoms. The highest BCUT2D eigenvalue weighted by molar-refractivity contribution is 5.80. The van der Waals surface area contributed by atoms with E-state index in [1.54, 1.807) is 24.3 Å². The van der Waals surface area contributed by atoms with Gasteiger partial charge in [-0.1, -0.05) is 6.07 Å². The molecule has 0 unspecified atom stereocenters. The van der Waals surface area contributed by atoms with Crippen molar-refractivity contribution in [3.8, 4) is 34.2 Å². The van der Waals surface area contributed by atoms with Crippen LogP contribution in [0.25, 0.3) is 22.4 Å². The molecule has 6 rings (SSSR count). The van der Waals surface area contributed by atoms with Gasteiger partial charge in [-0.3, -0.25) is 4.68 Å². The maximum absolute atomic E-state index is 14.9. The number of hydrogen-bond donors (Lipinski definition) is 2. The van der Waals surface area contributed by atoms with Gasteiger partial charge in [0.25, 0.3) is 0 Å². The van der Waals surface area contributed by atoms with Gasteiger partial charge in [0.2, 0.25) is 0 Å². The van der Waals surface area contributed by atoms with Crippen LogP contribution in [0.2, 0.25) is 0 Å². The number of hydrogen-bond acceptors (Lipinski definition) is 8. The molecule has 2 aliphatic rings. The lowest BCUT2D eigenvalue weighted by Crippen LogP contribution is -2.43. The summed E-state index contributed by atoms with van der Waals surface area (Å²) in [4.78, 5) is 11.6. The molecule has 0 amide bonds. The first-order valence-electron chi connectivity index (χ1n) is 13.6. The molecule has 2 fully saturated rings. The first kappa shape index (κ1) is 25.8. The third kappa shape index (κ3) is 5.33. The fourth-order valence-corrected chi connectivity index (χ4v) is 5.24. The number of halogens is 1. The zero-order chi connectivity index (χ0) is 27.6. The zero-order valence-corrected chi connectivity index (χ0v) is 22.3. The summed E-state index contributed by atoms with van der Waals surface area (Å²) in [5.41, 5.74) is 9.95. The van der Waals surface area contributed by atoms with E-state index in [-0.39, 0.29) is 22.9 Å². The summed E-state index contributed by atoms with van der Waals surface area (Å²) in [5.74, 6) is 1.51. The van der Waals surface area contributed by atoms with Crippen molar-refractivity contribution < 1.29 is 9.13 Å². The molecule has 1 aliphatic heterocycles. The molecule has 3 N–H and O–H groups in total. The Labute approximate surface area is 232 Å². The van der Waals surface area contributed by atoms with Gasteiger partial charge in [-0.2, -0.15) is 10.4 Å². The fraction of sp³-hybridized carbons (Fsp3) is 0.333. The molecule has 3 aromatic heterocycles. The molecule has 10 heteroatoms. The highest BCUT2D eigenvalue weighted by Gasteiger charge is 2.24. The maximum atomic E-state index is 14.9. The summed E-state index contributed by atoms with van der Waals surface area (Å²) in [6, 6.07) is 12.0. The number of aromatic nitrogens is 4. The van der Waals surface area contributed by atoms with Gasteiger partial charge >= 0.3 is 0 Å². The van der Waals surface area contributed by atoms with Crippen molar-refractivity contribution in [3.63, 3.8) is 0 Å². The third-order valence-corrected chi connectivity index (χ3v) is 7.47. The maximum Gasteiger partial charge on any atom is 0.136 e. The Bertz CT molecular complexity index is 1570. The molecule has 4 aromatic rings. The summed E-state index contributed by atoms with van der Waals surface area (Å²) in [6.45, 7) is 2.59. The molecule has 4 heterocycles. The summed E-state index contributed by atoms with van der Waals surface area (Å²) >= 11 is 0. The topological polar surface area (TPSA) is 118 Å². The minimum Gasteiger partial charge on any atom is -0.496 e. The second-order valence-electron chi connectivity index (χ2n) is 10.5. The monoisotopic (exact) mass is 538 g/mol. The average molecular weight is 539 g/mol. The first-order valence-corrected chi connectivity index (χ1v) is 13.6. The molecule has 1 saturated heterocycles. The van der Waals surface area contributed by atoms with Gasteiger partial charge in [-0.05, 0) is 55.9 Å². The second-order valence-corrected chi connectivity index (χ2v) is 10.5. The number of anilines is 3. The molecular weight excluding hydrogens is 507 g/mol. The SMILES string of the molecule is COc1cccc(F)c1-c1nc(Nc2cc(N3CCC[C@H](N)C3)c(-c3cnn(CC4CC4)c3)cn2)ccc1C#N. The second kappa shape index (κ2) is 10.9. The van der Waals surface area contributed by atoms with Gasteiger partial charge in [0, 0.05) is 61.0 Å². The van der Waals surface area contributed by atoms with E-state index in [2.05, 4.69) is 32.6 Å². The molecule has 1 aromatic carbocycles. The summed E-state index contributed by atoms with van der Waals surface area (Å²) in [5, 5.41) is 17.6. The highest BCUT2D eigenvalue weighted by atomic mass is 19.1. The van der Waals surface area contributed by atoms with Crippen molar-refractivity contribution in [1.82, 2.24) is 19.7 Å². The van der Waals surface area contributed by atoms with E-state index >= 15 is 0 Å². The highest BCUT2D eigenvalue weighted by Crippen LogP contribution is 2.37. The molecular formula is C30H31FN8O. The van der Waals surface area contributed by atoms with Crippen LogP contribution in [0, 0.1) is 23.1 Å². The van der Waals surface area contributed by atoms with E-state index in [0.717, 1.165) is 55.2 Å². The van der Waals surface area contributed by atoms with Gasteiger partial charge in [-0.25, -0.2) is 14.4 Å². The van der Waals surface area contributed by atoms with E-state index in [9.17, 15) is 9.65 Å². The average Bonchev–Trinajstić information content (AvgIpc) is 3.67. The van der Waals surface area contributed by atoms with Crippen LogP contribution in [0.1, 0.15) is 31.2 Å². The summed E-state index contributed by atoms with van der Waals surface area (Å²) in [7, 11) is 1.46. The number of nitrogens with one attached hydrogen (secondary N) is 1. The summed E-state index contributed by atoms with van der Waals surface area (Å²) in [6.07, 6.45) is 10.4. The molecule has 204 valence electrons. The standard InChI is InChI=1S/C30H31FN8O/c1-40-26-6-2-5-24(31)29(26)30-20(13-32)9-10-27(37-30)36-28-12-25(38-11-3-4-22(33)18-38)23(15-34-28)21-14-35-39(17-21)16-19-7-8-19/h2,5-6,9-10,12,14-15,17,19,22H,3-4,7-8,11,16,18,33H2,1H3,(H,34,36,37)/t22-/m0/s1. The normalized spacial score (nSPS) is 16.9. The fourth-order valence-electron chi connectivity index (χ4n) is 5.24. The quantitative estimate of drug-likeness (QED) is 0.318. The number of piperidine rings is 1. The Morgan fingerprint density at radius 3 is 2.83 bits per heavy atom. The van der Waals surface area contributed by atoms with Gasteiger partial charge in [0.1, 0.15) is 29.3 Å². The number of nitrogens with two attached hydrogens (primary N) is 1. The van der Waals surface area contributed by atoms with Crippen LogP contribution in [0.4, 0.5) is 21.7 Å². The minimum absolute atomic E-state index is 0.0993. The van der Waals surface area contributed by atoms with Gasteiger partial charge in [0.05, 0.1) is 30.1 Å².